The van der Waals surface area contributed by atoms with Crippen LogP contribution in [-0.4, -0.2) is 27.7 Å². The second-order valence-electron chi connectivity index (χ2n) is 5.59. The van der Waals surface area contributed by atoms with Crippen LogP contribution in [0.4, 0.5) is 27.8 Å². The number of nitrogens with one attached hydrogen (secondary N) is 1. The average molecular weight is 410 g/mol. The molecule has 0 amide bonds. The van der Waals surface area contributed by atoms with Crippen LogP contribution in [0.1, 0.15) is 5.56 Å². The van der Waals surface area contributed by atoms with Gasteiger partial charge in [-0.3, -0.25) is 9.55 Å². The molecule has 0 unspecified atom stereocenters. The van der Waals surface area contributed by atoms with E-state index < -0.39 is 29.8 Å². The lowest BCUT2D eigenvalue weighted by molar-refractivity contribution is -0.137. The Morgan fingerprint density at radius 2 is 2.07 bits per heavy atom. The number of benzene rings is 1. The maximum Gasteiger partial charge on any atom is 0.416 e. The van der Waals surface area contributed by atoms with E-state index in [-0.39, 0.29) is 29.0 Å². The standard InChI is InChI=1S/C18H11F5N4O2/c1-2-5-25-15-14-12(27(17(28)26-15)11-4-3-6-24-9-11)7-10(18(21,22)23)8-13(14)29-16(19)20/h1,3-4,6-9,16H,5H2,(H,25,26,28). The van der Waals surface area contributed by atoms with Crippen LogP contribution in [0.5, 0.6) is 5.75 Å². The number of alkyl halides is 5. The summed E-state index contributed by atoms with van der Waals surface area (Å²) >= 11 is 0. The number of aromatic nitrogens is 3. The van der Waals surface area contributed by atoms with Gasteiger partial charge in [0.25, 0.3) is 0 Å². The van der Waals surface area contributed by atoms with Gasteiger partial charge in [-0.25, -0.2) is 4.79 Å². The Hall–Kier alpha value is -3.68. The van der Waals surface area contributed by atoms with Gasteiger partial charge in [0.05, 0.1) is 34.9 Å². The van der Waals surface area contributed by atoms with Gasteiger partial charge < -0.3 is 10.1 Å². The van der Waals surface area contributed by atoms with E-state index in [0.29, 0.717) is 12.1 Å². The first-order valence-electron chi connectivity index (χ1n) is 7.93. The second-order valence-corrected chi connectivity index (χ2v) is 5.59. The van der Waals surface area contributed by atoms with E-state index in [1.807, 2.05) is 0 Å². The summed E-state index contributed by atoms with van der Waals surface area (Å²) in [4.78, 5) is 20.1. The lowest BCUT2D eigenvalue weighted by atomic mass is 10.1. The largest absolute Gasteiger partial charge is 0.434 e. The SMILES string of the molecule is C#CCNc1nc(=O)n(-c2cccnc2)c2cc(C(F)(F)F)cc(OC(F)F)c12. The lowest BCUT2D eigenvalue weighted by Gasteiger charge is -2.18. The van der Waals surface area contributed by atoms with Gasteiger partial charge in [-0.05, 0) is 24.3 Å². The smallest absolute Gasteiger partial charge is 0.416 e. The number of anilines is 1. The molecule has 29 heavy (non-hydrogen) atoms. The molecule has 0 bridgehead atoms. The third kappa shape index (κ3) is 4.11. The van der Waals surface area contributed by atoms with Crippen molar-refractivity contribution < 1.29 is 26.7 Å². The number of halogens is 5. The van der Waals surface area contributed by atoms with E-state index >= 15 is 0 Å². The van der Waals surface area contributed by atoms with Crippen LogP contribution in [-0.2, 0) is 6.18 Å². The van der Waals surface area contributed by atoms with Gasteiger partial charge in [0.2, 0.25) is 0 Å². The van der Waals surface area contributed by atoms with Crippen LogP contribution in [0.3, 0.4) is 0 Å². The van der Waals surface area contributed by atoms with Gasteiger partial charge in [-0.15, -0.1) is 6.42 Å². The van der Waals surface area contributed by atoms with E-state index in [9.17, 15) is 26.7 Å². The minimum absolute atomic E-state index is 0.0841. The fourth-order valence-electron chi connectivity index (χ4n) is 2.67. The molecule has 1 aromatic carbocycles. The highest BCUT2D eigenvalue weighted by atomic mass is 19.4. The predicted molar refractivity (Wildman–Crippen MR) is 94.1 cm³/mol. The Kier molecular flexibility index (Phi) is 5.36. The summed E-state index contributed by atoms with van der Waals surface area (Å²) in [7, 11) is 0. The summed E-state index contributed by atoms with van der Waals surface area (Å²) in [5.41, 5.74) is -2.53. The number of ether oxygens (including phenoxy) is 1. The number of hydrogen-bond acceptors (Lipinski definition) is 5. The van der Waals surface area contributed by atoms with Crippen LogP contribution >= 0.6 is 0 Å². The van der Waals surface area contributed by atoms with Crippen LogP contribution in [0.25, 0.3) is 16.6 Å². The van der Waals surface area contributed by atoms with Crippen molar-refractivity contribution in [3.05, 3.63) is 52.7 Å². The molecule has 0 saturated carbocycles. The molecule has 0 spiro atoms. The van der Waals surface area contributed by atoms with E-state index in [2.05, 4.69) is 25.9 Å². The quantitative estimate of drug-likeness (QED) is 0.516. The van der Waals surface area contributed by atoms with E-state index in [0.717, 1.165) is 4.57 Å². The summed E-state index contributed by atoms with van der Waals surface area (Å²) in [6, 6.07) is 3.90. The lowest BCUT2D eigenvalue weighted by Crippen LogP contribution is -2.24. The molecular formula is C18H11F5N4O2. The van der Waals surface area contributed by atoms with E-state index in [1.54, 1.807) is 0 Å². The van der Waals surface area contributed by atoms with Gasteiger partial charge in [0.15, 0.2) is 0 Å². The Balaban J connectivity index is 2.47. The number of terminal acetylenes is 1. The molecule has 0 saturated heterocycles. The highest BCUT2D eigenvalue weighted by molar-refractivity contribution is 5.96. The van der Waals surface area contributed by atoms with Crippen molar-refractivity contribution in [3.63, 3.8) is 0 Å². The van der Waals surface area contributed by atoms with Crippen molar-refractivity contribution in [2.75, 3.05) is 11.9 Å². The molecule has 0 fully saturated rings. The normalized spacial score (nSPS) is 11.5. The van der Waals surface area contributed by atoms with E-state index in [1.165, 1.54) is 24.5 Å². The molecule has 11 heteroatoms. The van der Waals surface area contributed by atoms with Crippen LogP contribution in [0.2, 0.25) is 0 Å². The second kappa shape index (κ2) is 7.75. The molecule has 150 valence electrons. The summed E-state index contributed by atoms with van der Waals surface area (Å²) < 4.78 is 71.1. The molecule has 3 aromatic rings. The predicted octanol–water partition coefficient (Wildman–Crippen LogP) is 3.45. The molecule has 1 N–H and O–H groups in total. The maximum atomic E-state index is 13.4. The first-order chi connectivity index (χ1) is 13.7. The Morgan fingerprint density at radius 3 is 2.66 bits per heavy atom. The molecular weight excluding hydrogens is 399 g/mol. The molecule has 2 aromatic heterocycles. The van der Waals surface area contributed by atoms with Crippen LogP contribution in [0.15, 0.2) is 41.5 Å². The highest BCUT2D eigenvalue weighted by Crippen LogP contribution is 2.39. The zero-order valence-electron chi connectivity index (χ0n) is 14.4. The van der Waals surface area contributed by atoms with Crippen molar-refractivity contribution >= 4 is 16.7 Å². The Bertz CT molecular complexity index is 1140. The monoisotopic (exact) mass is 410 g/mol. The third-order valence-electron chi connectivity index (χ3n) is 3.76. The molecule has 0 radical (unpaired) electrons. The van der Waals surface area contributed by atoms with Crippen molar-refractivity contribution in [1.82, 2.24) is 14.5 Å². The zero-order chi connectivity index (χ0) is 21.2. The summed E-state index contributed by atoms with van der Waals surface area (Å²) in [6.07, 6.45) is 2.86. The fraction of sp³-hybridized carbons (Fsp3) is 0.167. The average Bonchev–Trinajstić information content (AvgIpc) is 2.65. The Morgan fingerprint density at radius 1 is 1.31 bits per heavy atom. The third-order valence-corrected chi connectivity index (χ3v) is 3.76. The summed E-state index contributed by atoms with van der Waals surface area (Å²) in [6.45, 7) is -3.57. The van der Waals surface area contributed by atoms with Crippen LogP contribution < -0.4 is 15.7 Å². The first kappa shape index (κ1) is 20.1. The number of pyridine rings is 1. The molecule has 0 aliphatic heterocycles. The Labute approximate surface area is 160 Å². The van der Waals surface area contributed by atoms with Gasteiger partial charge in [-0.2, -0.15) is 26.9 Å². The van der Waals surface area contributed by atoms with E-state index in [4.69, 9.17) is 6.42 Å². The summed E-state index contributed by atoms with van der Waals surface area (Å²) in [5, 5.41) is 2.28. The number of rotatable bonds is 5. The van der Waals surface area contributed by atoms with Crippen LogP contribution in [0, 0.1) is 12.3 Å². The van der Waals surface area contributed by atoms with Crippen molar-refractivity contribution in [3.8, 4) is 23.8 Å². The molecule has 0 atom stereocenters. The molecule has 3 rings (SSSR count). The van der Waals surface area contributed by atoms with Gasteiger partial charge in [0, 0.05) is 6.20 Å². The number of nitrogens with zero attached hydrogens (tertiary/aromatic N) is 3. The van der Waals surface area contributed by atoms with Gasteiger partial charge >= 0.3 is 18.5 Å². The highest BCUT2D eigenvalue weighted by Gasteiger charge is 2.33. The van der Waals surface area contributed by atoms with Crippen molar-refractivity contribution in [1.29, 1.82) is 0 Å². The van der Waals surface area contributed by atoms with Gasteiger partial charge in [-0.1, -0.05) is 5.92 Å². The molecule has 6 nitrogen and oxygen atoms in total. The van der Waals surface area contributed by atoms with Crippen molar-refractivity contribution in [2.24, 2.45) is 0 Å². The first-order valence-corrected chi connectivity index (χ1v) is 7.93. The molecule has 0 aliphatic rings. The van der Waals surface area contributed by atoms with Gasteiger partial charge in [0.1, 0.15) is 11.6 Å². The number of hydrogen-bond donors (Lipinski definition) is 1. The maximum absolute atomic E-state index is 13.4. The fourth-order valence-corrected chi connectivity index (χ4v) is 2.67. The molecule has 2 heterocycles. The zero-order valence-corrected chi connectivity index (χ0v) is 14.4. The topological polar surface area (TPSA) is 69.0 Å². The number of fused-ring (bicyclic) bond motifs is 1. The molecule has 0 aliphatic carbocycles. The van der Waals surface area contributed by atoms with Crippen molar-refractivity contribution in [2.45, 2.75) is 12.8 Å². The minimum atomic E-state index is -4.89. The summed E-state index contributed by atoms with van der Waals surface area (Å²) in [5.74, 6) is 1.11. The minimum Gasteiger partial charge on any atom is -0.434 e.